The number of nitrogens with one attached hydrogen (secondary N) is 1. The van der Waals surface area contributed by atoms with Crippen molar-refractivity contribution in [3.63, 3.8) is 0 Å². The van der Waals surface area contributed by atoms with Crippen molar-refractivity contribution in [2.24, 2.45) is 5.10 Å². The highest BCUT2D eigenvalue weighted by Gasteiger charge is 2.07. The second kappa shape index (κ2) is 8.30. The van der Waals surface area contributed by atoms with Crippen molar-refractivity contribution in [3.05, 3.63) is 52.3 Å². The molecule has 0 saturated heterocycles. The van der Waals surface area contributed by atoms with Crippen LogP contribution in [0.15, 0.2) is 46.0 Å². The average Bonchev–Trinajstić information content (AvgIpc) is 2.56. The number of hydrazone groups is 1. The zero-order valence-corrected chi connectivity index (χ0v) is 14.2. The molecule has 0 aliphatic rings. The van der Waals surface area contributed by atoms with Gasteiger partial charge in [0.1, 0.15) is 11.6 Å². The van der Waals surface area contributed by atoms with Gasteiger partial charge in [0.25, 0.3) is 5.91 Å². The van der Waals surface area contributed by atoms with Gasteiger partial charge in [-0.1, -0.05) is 6.07 Å². The fourth-order valence-electron chi connectivity index (χ4n) is 1.74. The summed E-state index contributed by atoms with van der Waals surface area (Å²) >= 11 is 3.19. The molecule has 0 aliphatic carbocycles. The molecule has 0 heterocycles. The SMILES string of the molecule is COc1cc(/C=N/NC(=O)COc2cccc(F)c2)cc(Br)c1O. The summed E-state index contributed by atoms with van der Waals surface area (Å²) in [4.78, 5) is 11.6. The summed E-state index contributed by atoms with van der Waals surface area (Å²) in [6.07, 6.45) is 1.38. The van der Waals surface area contributed by atoms with Crippen molar-refractivity contribution in [2.45, 2.75) is 0 Å². The maximum atomic E-state index is 13.0. The van der Waals surface area contributed by atoms with Crippen LogP contribution in [0.4, 0.5) is 4.39 Å². The number of hydrogen-bond donors (Lipinski definition) is 2. The first-order chi connectivity index (χ1) is 11.5. The molecular weight excluding hydrogens is 383 g/mol. The number of rotatable bonds is 6. The highest BCUT2D eigenvalue weighted by atomic mass is 79.9. The normalized spacial score (nSPS) is 10.6. The highest BCUT2D eigenvalue weighted by molar-refractivity contribution is 9.10. The molecule has 24 heavy (non-hydrogen) atoms. The number of nitrogens with zero attached hydrogens (tertiary/aromatic N) is 1. The van der Waals surface area contributed by atoms with Crippen LogP contribution in [0.5, 0.6) is 17.2 Å². The summed E-state index contributed by atoms with van der Waals surface area (Å²) in [5.74, 6) is -0.451. The molecule has 2 N–H and O–H groups in total. The van der Waals surface area contributed by atoms with Crippen molar-refractivity contribution in [1.82, 2.24) is 5.43 Å². The molecule has 0 bridgehead atoms. The lowest BCUT2D eigenvalue weighted by Crippen LogP contribution is -2.24. The Morgan fingerprint density at radius 2 is 2.21 bits per heavy atom. The Morgan fingerprint density at radius 1 is 1.42 bits per heavy atom. The second-order valence-corrected chi connectivity index (χ2v) is 5.45. The molecular formula is C16H14BrFN2O4. The summed E-state index contributed by atoms with van der Waals surface area (Å²) in [6, 6.07) is 8.64. The smallest absolute Gasteiger partial charge is 0.277 e. The van der Waals surface area contributed by atoms with Gasteiger partial charge in [-0.05, 0) is 45.8 Å². The maximum absolute atomic E-state index is 13.0. The molecule has 0 spiro atoms. The lowest BCUT2D eigenvalue weighted by atomic mass is 10.2. The Hall–Kier alpha value is -2.61. The number of methoxy groups -OCH3 is 1. The van der Waals surface area contributed by atoms with Crippen LogP contribution in [-0.2, 0) is 4.79 Å². The molecule has 0 aromatic heterocycles. The van der Waals surface area contributed by atoms with Gasteiger partial charge in [-0.25, -0.2) is 9.82 Å². The predicted octanol–water partition coefficient (Wildman–Crippen LogP) is 2.83. The van der Waals surface area contributed by atoms with Crippen LogP contribution in [0.1, 0.15) is 5.56 Å². The van der Waals surface area contributed by atoms with Crippen LogP contribution in [-0.4, -0.2) is 30.9 Å². The third-order valence-electron chi connectivity index (χ3n) is 2.84. The van der Waals surface area contributed by atoms with Crippen molar-refractivity contribution in [1.29, 1.82) is 0 Å². The van der Waals surface area contributed by atoms with Crippen molar-refractivity contribution in [2.75, 3.05) is 13.7 Å². The zero-order chi connectivity index (χ0) is 17.5. The van der Waals surface area contributed by atoms with E-state index >= 15 is 0 Å². The Bertz CT molecular complexity index is 768. The molecule has 2 rings (SSSR count). The number of aromatic hydroxyl groups is 1. The van der Waals surface area contributed by atoms with E-state index in [1.165, 1.54) is 31.5 Å². The summed E-state index contributed by atoms with van der Waals surface area (Å²) in [5.41, 5.74) is 2.88. The number of hydrogen-bond acceptors (Lipinski definition) is 5. The number of carbonyl (C=O) groups excluding carboxylic acids is 1. The van der Waals surface area contributed by atoms with Gasteiger partial charge >= 0.3 is 0 Å². The number of benzene rings is 2. The van der Waals surface area contributed by atoms with Gasteiger partial charge in [-0.15, -0.1) is 0 Å². The molecule has 2 aromatic rings. The minimum atomic E-state index is -0.500. The van der Waals surface area contributed by atoms with E-state index in [1.54, 1.807) is 18.2 Å². The van der Waals surface area contributed by atoms with Crippen LogP contribution in [0.2, 0.25) is 0 Å². The van der Waals surface area contributed by atoms with Gasteiger partial charge in [0, 0.05) is 6.07 Å². The maximum Gasteiger partial charge on any atom is 0.277 e. The van der Waals surface area contributed by atoms with Gasteiger partial charge in [0.05, 0.1) is 17.8 Å². The summed E-state index contributed by atoms with van der Waals surface area (Å²) in [6.45, 7) is -0.302. The largest absolute Gasteiger partial charge is 0.503 e. The first-order valence-corrected chi connectivity index (χ1v) is 7.55. The summed E-state index contributed by atoms with van der Waals surface area (Å²) in [5, 5.41) is 13.5. The van der Waals surface area contributed by atoms with Gasteiger partial charge < -0.3 is 14.6 Å². The molecule has 0 unspecified atom stereocenters. The third kappa shape index (κ3) is 4.95. The molecule has 6 nitrogen and oxygen atoms in total. The Morgan fingerprint density at radius 3 is 2.92 bits per heavy atom. The monoisotopic (exact) mass is 396 g/mol. The van der Waals surface area contributed by atoms with E-state index in [0.717, 1.165) is 0 Å². The zero-order valence-electron chi connectivity index (χ0n) is 12.6. The molecule has 8 heteroatoms. The van der Waals surface area contributed by atoms with Gasteiger partial charge in [-0.2, -0.15) is 5.10 Å². The van der Waals surface area contributed by atoms with Crippen LogP contribution in [0, 0.1) is 5.82 Å². The molecule has 2 aromatic carbocycles. The van der Waals surface area contributed by atoms with Crippen LogP contribution in [0.25, 0.3) is 0 Å². The summed E-state index contributed by atoms with van der Waals surface area (Å²) in [7, 11) is 1.42. The average molecular weight is 397 g/mol. The number of ether oxygens (including phenoxy) is 2. The van der Waals surface area contributed by atoms with Crippen LogP contribution < -0.4 is 14.9 Å². The molecule has 126 valence electrons. The van der Waals surface area contributed by atoms with Crippen molar-refractivity contribution in [3.8, 4) is 17.2 Å². The lowest BCUT2D eigenvalue weighted by molar-refractivity contribution is -0.123. The van der Waals surface area contributed by atoms with E-state index in [4.69, 9.17) is 9.47 Å². The van der Waals surface area contributed by atoms with E-state index in [0.29, 0.717) is 10.0 Å². The standard InChI is InChI=1S/C16H14BrFN2O4/c1-23-14-6-10(5-13(17)16(14)22)8-19-20-15(21)9-24-12-4-2-3-11(18)7-12/h2-8,22H,9H2,1H3,(H,20,21)/b19-8+. The number of phenols is 1. The number of carbonyl (C=O) groups is 1. The van der Waals surface area contributed by atoms with Crippen LogP contribution >= 0.6 is 15.9 Å². The first kappa shape index (κ1) is 17.7. The second-order valence-electron chi connectivity index (χ2n) is 4.59. The third-order valence-corrected chi connectivity index (χ3v) is 3.44. The molecule has 0 saturated carbocycles. The fraction of sp³-hybridized carbons (Fsp3) is 0.125. The predicted molar refractivity (Wildman–Crippen MR) is 90.0 cm³/mol. The van der Waals surface area contributed by atoms with Gasteiger partial charge in [0.2, 0.25) is 0 Å². The molecule has 0 aliphatic heterocycles. The summed E-state index contributed by atoms with van der Waals surface area (Å²) < 4.78 is 23.6. The molecule has 1 amide bonds. The van der Waals surface area contributed by atoms with E-state index < -0.39 is 11.7 Å². The lowest BCUT2D eigenvalue weighted by Gasteiger charge is -2.06. The highest BCUT2D eigenvalue weighted by Crippen LogP contribution is 2.34. The molecule has 0 fully saturated rings. The van der Waals surface area contributed by atoms with E-state index in [-0.39, 0.29) is 23.9 Å². The van der Waals surface area contributed by atoms with E-state index in [2.05, 4.69) is 26.5 Å². The van der Waals surface area contributed by atoms with Crippen molar-refractivity contribution < 1.29 is 23.8 Å². The molecule has 0 radical (unpaired) electrons. The van der Waals surface area contributed by atoms with E-state index in [1.807, 2.05) is 0 Å². The van der Waals surface area contributed by atoms with E-state index in [9.17, 15) is 14.3 Å². The first-order valence-electron chi connectivity index (χ1n) is 6.76. The molecule has 0 atom stereocenters. The Kier molecular flexibility index (Phi) is 6.14. The minimum Gasteiger partial charge on any atom is -0.503 e. The topological polar surface area (TPSA) is 80.2 Å². The van der Waals surface area contributed by atoms with Crippen molar-refractivity contribution >= 4 is 28.1 Å². The fourth-order valence-corrected chi connectivity index (χ4v) is 2.20. The van der Waals surface area contributed by atoms with Gasteiger partial charge in [0.15, 0.2) is 18.1 Å². The van der Waals surface area contributed by atoms with Gasteiger partial charge in [-0.3, -0.25) is 4.79 Å². The Labute approximate surface area is 146 Å². The Balaban J connectivity index is 1.89. The number of halogens is 2. The number of phenolic OH excluding ortho intramolecular Hbond substituents is 1. The van der Waals surface area contributed by atoms with Crippen LogP contribution in [0.3, 0.4) is 0 Å². The number of amides is 1. The minimum absolute atomic E-state index is 0.0258. The quantitative estimate of drug-likeness (QED) is 0.581.